The van der Waals surface area contributed by atoms with E-state index in [2.05, 4.69) is 38.2 Å². The van der Waals surface area contributed by atoms with E-state index in [1.807, 2.05) is 18.6 Å². The summed E-state index contributed by atoms with van der Waals surface area (Å²) < 4.78 is 59.0. The number of hydrogen-bond donors (Lipinski definition) is 6. The van der Waals surface area contributed by atoms with E-state index in [9.17, 15) is 40.8 Å². The maximum Gasteiger partial charge on any atom is 0.343 e. The molecule has 3 heterocycles. The molecule has 3 aliphatic rings. The fourth-order valence-corrected chi connectivity index (χ4v) is 9.48. The number of carbonyl (C=O) groups excluding carboxylic acids is 5. The summed E-state index contributed by atoms with van der Waals surface area (Å²) in [4.78, 5) is 62.0. The molecule has 1 saturated heterocycles. The topological polar surface area (TPSA) is 258 Å². The zero-order valence-electron chi connectivity index (χ0n) is 37.4. The molecule has 0 unspecified atom stereocenters. The van der Waals surface area contributed by atoms with E-state index in [1.165, 1.54) is 29.2 Å². The Bertz CT molecular complexity index is 2390. The number of aromatic nitrogens is 1. The zero-order valence-corrected chi connectivity index (χ0v) is 39.0. The van der Waals surface area contributed by atoms with E-state index < -0.39 is 38.1 Å². The predicted molar refractivity (Wildman–Crippen MR) is 241 cm³/mol. The number of urea groups is 3. The molecular formula is C44H61N9O10S2. The van der Waals surface area contributed by atoms with Crippen LogP contribution in [0.25, 0.3) is 0 Å². The number of carbonyl (C=O) groups is 5. The van der Waals surface area contributed by atoms with Crippen LogP contribution in [0.3, 0.4) is 0 Å². The minimum absolute atomic E-state index is 0.00639. The molecule has 0 radical (unpaired) electrons. The van der Waals surface area contributed by atoms with Crippen molar-refractivity contribution in [1.82, 2.24) is 45.9 Å². The maximum absolute atomic E-state index is 12.5. The molecule has 8 amide bonds. The Morgan fingerprint density at radius 1 is 0.754 bits per heavy atom. The van der Waals surface area contributed by atoms with Gasteiger partial charge in [-0.2, -0.15) is 0 Å². The van der Waals surface area contributed by atoms with E-state index in [0.717, 1.165) is 68.1 Å². The summed E-state index contributed by atoms with van der Waals surface area (Å²) in [6, 6.07) is 11.9. The predicted octanol–water partition coefficient (Wildman–Crippen LogP) is 4.81. The van der Waals surface area contributed by atoms with Gasteiger partial charge in [-0.1, -0.05) is 56.1 Å². The van der Waals surface area contributed by atoms with Crippen LogP contribution in [-0.2, 0) is 37.7 Å². The molecule has 0 bridgehead atoms. The first kappa shape index (κ1) is 50.2. The van der Waals surface area contributed by atoms with E-state index in [0.29, 0.717) is 69.2 Å². The number of sulfonamides is 2. The van der Waals surface area contributed by atoms with Crippen LogP contribution in [0.4, 0.5) is 14.4 Å². The second-order valence-electron chi connectivity index (χ2n) is 16.6. The largest absolute Gasteiger partial charge is 0.361 e. The molecule has 354 valence electrons. The molecule has 2 aromatic carbocycles. The Kier molecular flexibility index (Phi) is 18.1. The summed E-state index contributed by atoms with van der Waals surface area (Å²) in [5.41, 5.74) is 6.06. The van der Waals surface area contributed by atoms with Gasteiger partial charge >= 0.3 is 18.1 Å². The molecule has 65 heavy (non-hydrogen) atoms. The SMILES string of the molecule is CCC1=C(C)CN(C(=O)NCCc2ccc(S(=O)(=O)NC(=O)NC3CCC(C)CC3)cc2)C1=O.Cc1cc(C(=O)NCCc2ccc(S(=O)(=O)NC(=O)NN3CCCCCC3)cc2)no1. The van der Waals surface area contributed by atoms with Crippen molar-refractivity contribution in [1.29, 1.82) is 0 Å². The fraction of sp³-hybridized carbons (Fsp3) is 0.500. The lowest BCUT2D eigenvalue weighted by Crippen LogP contribution is -2.49. The Morgan fingerprint density at radius 3 is 1.80 bits per heavy atom. The first-order valence-electron chi connectivity index (χ1n) is 22.0. The molecule has 3 aromatic rings. The van der Waals surface area contributed by atoms with Gasteiger partial charge in [0.25, 0.3) is 31.9 Å². The number of aryl methyl sites for hydroxylation is 1. The highest BCUT2D eigenvalue weighted by Crippen LogP contribution is 2.24. The zero-order chi connectivity index (χ0) is 47.1. The van der Waals surface area contributed by atoms with E-state index in [-0.39, 0.29) is 33.3 Å². The number of imide groups is 1. The van der Waals surface area contributed by atoms with Crippen LogP contribution in [0.1, 0.15) is 106 Å². The Labute approximate surface area is 381 Å². The van der Waals surface area contributed by atoms with Gasteiger partial charge in [-0.05, 0) is 119 Å². The number of rotatable bonds is 14. The average molecular weight is 940 g/mol. The lowest BCUT2D eigenvalue weighted by atomic mass is 9.87. The van der Waals surface area contributed by atoms with Crippen molar-refractivity contribution in [3.63, 3.8) is 0 Å². The summed E-state index contributed by atoms with van der Waals surface area (Å²) in [6.07, 6.45) is 9.45. The number of amides is 8. The van der Waals surface area contributed by atoms with Gasteiger partial charge in [-0.3, -0.25) is 19.9 Å². The van der Waals surface area contributed by atoms with Crippen molar-refractivity contribution >= 4 is 50.0 Å². The van der Waals surface area contributed by atoms with Crippen LogP contribution in [0.15, 0.2) is 80.1 Å². The Hall–Kier alpha value is -5.80. The van der Waals surface area contributed by atoms with Gasteiger partial charge in [0.2, 0.25) is 0 Å². The number of nitrogens with zero attached hydrogens (tertiary/aromatic N) is 3. The Morgan fingerprint density at radius 2 is 1.29 bits per heavy atom. The van der Waals surface area contributed by atoms with Gasteiger partial charge in [-0.15, -0.1) is 0 Å². The molecule has 0 atom stereocenters. The lowest BCUT2D eigenvalue weighted by Gasteiger charge is -2.26. The molecule has 2 fully saturated rings. The van der Waals surface area contributed by atoms with Crippen LogP contribution in [0.2, 0.25) is 0 Å². The smallest absolute Gasteiger partial charge is 0.343 e. The molecular weight excluding hydrogens is 879 g/mol. The monoisotopic (exact) mass is 939 g/mol. The number of nitrogens with one attached hydrogen (secondary N) is 6. The third kappa shape index (κ3) is 15.1. The normalized spacial score (nSPS) is 18.2. The summed E-state index contributed by atoms with van der Waals surface area (Å²) in [5.74, 6) is 0.600. The summed E-state index contributed by atoms with van der Waals surface area (Å²) >= 11 is 0. The number of benzene rings is 2. The molecule has 19 nitrogen and oxygen atoms in total. The highest BCUT2D eigenvalue weighted by Gasteiger charge is 2.31. The van der Waals surface area contributed by atoms with Crippen molar-refractivity contribution in [2.24, 2.45) is 5.92 Å². The first-order valence-corrected chi connectivity index (χ1v) is 25.0. The van der Waals surface area contributed by atoms with E-state index in [4.69, 9.17) is 4.52 Å². The standard InChI is InChI=1S/C24H34N4O5S.C20H27N5O5S/c1-4-21-17(3)15-28(22(21)29)24(31)25-14-13-18-7-11-20(12-8-18)34(32,33)27-23(30)26-19-9-5-16(2)6-10-19;1-15-14-18(23-30-15)19(26)21-11-10-16-6-8-17(9-7-16)31(28,29)24-20(27)22-25-12-4-2-3-5-13-25/h7-8,11-12,16,19H,4-6,9-10,13-15H2,1-3H3,(H,25,31)(H2,26,27,30);6-9,14H,2-5,10-13H2,1H3,(H,21,26)(H2,22,24,27). The minimum Gasteiger partial charge on any atom is -0.361 e. The van der Waals surface area contributed by atoms with Gasteiger partial charge < -0.3 is 20.5 Å². The van der Waals surface area contributed by atoms with Crippen molar-refractivity contribution in [3.05, 3.63) is 88.3 Å². The van der Waals surface area contributed by atoms with Crippen LogP contribution in [-0.4, -0.2) is 101 Å². The molecule has 0 spiro atoms. The van der Waals surface area contributed by atoms with Gasteiger partial charge in [0.1, 0.15) is 5.76 Å². The fourth-order valence-electron chi connectivity index (χ4n) is 7.66. The molecule has 6 rings (SSSR count). The van der Waals surface area contributed by atoms with Crippen molar-refractivity contribution in [2.45, 2.75) is 114 Å². The van der Waals surface area contributed by atoms with Crippen LogP contribution in [0.5, 0.6) is 0 Å². The summed E-state index contributed by atoms with van der Waals surface area (Å²) in [7, 11) is -7.96. The molecule has 6 N–H and O–H groups in total. The summed E-state index contributed by atoms with van der Waals surface area (Å²) in [5, 5.41) is 13.6. The third-order valence-corrected chi connectivity index (χ3v) is 14.1. The van der Waals surface area contributed by atoms with Crippen molar-refractivity contribution in [3.8, 4) is 0 Å². The minimum atomic E-state index is -3.98. The summed E-state index contributed by atoms with van der Waals surface area (Å²) in [6.45, 7) is 9.99. The number of hydrazine groups is 1. The van der Waals surface area contributed by atoms with Gasteiger partial charge in [0.15, 0.2) is 5.69 Å². The lowest BCUT2D eigenvalue weighted by molar-refractivity contribution is -0.123. The van der Waals surface area contributed by atoms with Gasteiger partial charge in [0.05, 0.1) is 16.3 Å². The second-order valence-corrected chi connectivity index (χ2v) is 20.0. The van der Waals surface area contributed by atoms with Gasteiger partial charge in [0, 0.05) is 43.9 Å². The molecule has 1 saturated carbocycles. The molecule has 2 aliphatic heterocycles. The van der Waals surface area contributed by atoms with E-state index in [1.54, 1.807) is 42.3 Å². The van der Waals surface area contributed by atoms with Gasteiger partial charge in [-0.25, -0.2) is 45.7 Å². The quantitative estimate of drug-likeness (QED) is 0.127. The first-order chi connectivity index (χ1) is 30.9. The second kappa shape index (κ2) is 23.4. The van der Waals surface area contributed by atoms with Crippen LogP contribution >= 0.6 is 0 Å². The van der Waals surface area contributed by atoms with E-state index >= 15 is 0 Å². The maximum atomic E-state index is 12.5. The molecule has 1 aliphatic carbocycles. The van der Waals surface area contributed by atoms with Crippen LogP contribution < -0.4 is 30.8 Å². The highest BCUT2D eigenvalue weighted by molar-refractivity contribution is 7.90. The molecule has 21 heteroatoms. The third-order valence-electron chi connectivity index (χ3n) is 11.4. The average Bonchev–Trinajstić information content (AvgIpc) is 3.72. The molecule has 1 aromatic heterocycles. The Balaban J connectivity index is 0.000000245. The van der Waals surface area contributed by atoms with Crippen molar-refractivity contribution in [2.75, 3.05) is 32.7 Å². The highest BCUT2D eigenvalue weighted by atomic mass is 32.2. The van der Waals surface area contributed by atoms with Crippen LogP contribution in [0, 0.1) is 12.8 Å². The van der Waals surface area contributed by atoms with Crippen molar-refractivity contribution < 1.29 is 45.3 Å². The number of hydrogen-bond acceptors (Lipinski definition) is 12.